The van der Waals surface area contributed by atoms with Gasteiger partial charge in [-0.15, -0.1) is 0 Å². The fourth-order valence-corrected chi connectivity index (χ4v) is 3.90. The first-order chi connectivity index (χ1) is 16.6. The maximum Gasteiger partial charge on any atom is 0.321 e. The van der Waals surface area contributed by atoms with E-state index in [0.29, 0.717) is 24.3 Å². The van der Waals surface area contributed by atoms with Crippen LogP contribution in [0.25, 0.3) is 11.1 Å². The first kappa shape index (κ1) is 22.9. The Balaban J connectivity index is 1.54. The second kappa shape index (κ2) is 10.6. The van der Waals surface area contributed by atoms with Crippen LogP contribution >= 0.6 is 0 Å². The number of pyridine rings is 1. The van der Waals surface area contributed by atoms with E-state index in [1.807, 2.05) is 42.5 Å². The van der Waals surface area contributed by atoms with Gasteiger partial charge in [0.1, 0.15) is 12.4 Å². The monoisotopic (exact) mass is 460 g/mol. The third-order valence-electron chi connectivity index (χ3n) is 5.55. The van der Waals surface area contributed by atoms with E-state index in [9.17, 15) is 14.4 Å². The van der Waals surface area contributed by atoms with Crippen molar-refractivity contribution in [1.82, 2.24) is 20.5 Å². The number of carbonyl (C=O) groups excluding carboxylic acids is 3. The van der Waals surface area contributed by atoms with Crippen molar-refractivity contribution >= 4 is 18.3 Å². The Labute approximate surface area is 196 Å². The number of aliphatic hydroxyl groups excluding tert-OH is 1. The van der Waals surface area contributed by atoms with Crippen LogP contribution in [0.5, 0.6) is 5.75 Å². The van der Waals surface area contributed by atoms with Crippen molar-refractivity contribution < 1.29 is 24.2 Å². The van der Waals surface area contributed by atoms with Crippen LogP contribution in [0.3, 0.4) is 0 Å². The molecule has 174 valence electrons. The average Bonchev–Trinajstić information content (AvgIpc) is 3.17. The lowest BCUT2D eigenvalue weighted by Gasteiger charge is -2.25. The number of carbonyl (C=O) groups is 3. The molecule has 9 heteroatoms. The fraction of sp³-hybridized carbons (Fsp3) is 0.200. The zero-order chi connectivity index (χ0) is 23.9. The van der Waals surface area contributed by atoms with E-state index < -0.39 is 12.1 Å². The summed E-state index contributed by atoms with van der Waals surface area (Å²) in [5.41, 5.74) is 4.16. The van der Waals surface area contributed by atoms with Gasteiger partial charge in [-0.1, -0.05) is 30.3 Å². The number of hydrogen-bond donors (Lipinski definition) is 3. The highest BCUT2D eigenvalue weighted by Crippen LogP contribution is 2.29. The van der Waals surface area contributed by atoms with Crippen LogP contribution in [0.2, 0.25) is 0 Å². The molecule has 0 fully saturated rings. The van der Waals surface area contributed by atoms with Crippen LogP contribution in [0.4, 0.5) is 4.79 Å². The molecule has 4 amide bonds. The molecule has 0 radical (unpaired) electrons. The van der Waals surface area contributed by atoms with Crippen LogP contribution in [-0.2, 0) is 11.3 Å². The molecule has 0 spiro atoms. The Morgan fingerprint density at radius 2 is 1.85 bits per heavy atom. The Bertz CT molecular complexity index is 1170. The van der Waals surface area contributed by atoms with Gasteiger partial charge in [-0.2, -0.15) is 0 Å². The number of ether oxygens (including phenoxy) is 1. The average molecular weight is 460 g/mol. The van der Waals surface area contributed by atoms with Gasteiger partial charge in [0.15, 0.2) is 0 Å². The molecule has 0 unspecified atom stereocenters. The summed E-state index contributed by atoms with van der Waals surface area (Å²) in [4.78, 5) is 41.6. The number of aromatic nitrogens is 1. The van der Waals surface area contributed by atoms with Crippen LogP contribution in [0.15, 0.2) is 67.0 Å². The normalized spacial score (nSPS) is 13.2. The summed E-state index contributed by atoms with van der Waals surface area (Å²) < 4.78 is 5.42. The van der Waals surface area contributed by atoms with Crippen molar-refractivity contribution in [2.45, 2.75) is 12.6 Å². The van der Waals surface area contributed by atoms with Crippen molar-refractivity contribution in [2.24, 2.45) is 0 Å². The highest BCUT2D eigenvalue weighted by atomic mass is 16.5. The van der Waals surface area contributed by atoms with Gasteiger partial charge in [-0.25, -0.2) is 4.79 Å². The summed E-state index contributed by atoms with van der Waals surface area (Å²) in [5.74, 6) is 0.329. The molecule has 4 rings (SSSR count). The molecule has 34 heavy (non-hydrogen) atoms. The van der Waals surface area contributed by atoms with E-state index in [0.717, 1.165) is 22.3 Å². The van der Waals surface area contributed by atoms with Crippen molar-refractivity contribution in [3.8, 4) is 16.9 Å². The van der Waals surface area contributed by atoms with Crippen LogP contribution < -0.4 is 15.4 Å². The second-order valence-corrected chi connectivity index (χ2v) is 7.72. The minimum Gasteiger partial charge on any atom is -0.491 e. The summed E-state index contributed by atoms with van der Waals surface area (Å²) in [6.45, 7) is 0.621. The number of nitrogens with one attached hydrogen (secondary N) is 2. The lowest BCUT2D eigenvalue weighted by molar-refractivity contribution is -0.108. The molecule has 0 bridgehead atoms. The first-order valence-electron chi connectivity index (χ1n) is 10.8. The topological polar surface area (TPSA) is 121 Å². The minimum atomic E-state index is -0.651. The zero-order valence-corrected chi connectivity index (χ0v) is 18.3. The Kier molecular flexibility index (Phi) is 7.14. The van der Waals surface area contributed by atoms with Gasteiger partial charge in [-0.3, -0.25) is 19.9 Å². The molecule has 3 N–H and O–H groups in total. The summed E-state index contributed by atoms with van der Waals surface area (Å²) >= 11 is 0. The fourth-order valence-electron chi connectivity index (χ4n) is 3.90. The molecule has 9 nitrogen and oxygen atoms in total. The van der Waals surface area contributed by atoms with Gasteiger partial charge in [0.05, 0.1) is 12.6 Å². The van der Waals surface area contributed by atoms with E-state index >= 15 is 0 Å². The number of hydrogen-bond acceptors (Lipinski definition) is 6. The van der Waals surface area contributed by atoms with E-state index in [-0.39, 0.29) is 25.7 Å². The number of imide groups is 1. The lowest BCUT2D eigenvalue weighted by atomic mass is 10.0. The van der Waals surface area contributed by atoms with Crippen molar-refractivity contribution in [3.63, 3.8) is 0 Å². The molecular weight excluding hydrogens is 436 g/mol. The summed E-state index contributed by atoms with van der Waals surface area (Å²) in [6.07, 6.45) is 3.74. The van der Waals surface area contributed by atoms with Gasteiger partial charge in [0, 0.05) is 31.0 Å². The van der Waals surface area contributed by atoms with Crippen LogP contribution in [0.1, 0.15) is 27.5 Å². The largest absolute Gasteiger partial charge is 0.491 e. The molecule has 1 aromatic heterocycles. The molecule has 1 aliphatic rings. The molecule has 0 saturated heterocycles. The molecule has 0 aliphatic carbocycles. The van der Waals surface area contributed by atoms with Gasteiger partial charge in [-0.05, 0) is 46.5 Å². The maximum absolute atomic E-state index is 13.1. The van der Waals surface area contributed by atoms with Crippen LogP contribution in [0, 0.1) is 0 Å². The van der Waals surface area contributed by atoms with Gasteiger partial charge < -0.3 is 20.1 Å². The standard InChI is InChI=1S/C25H24N4O5/c30-11-12-34-21-6-5-20-14-29(24(32)22(20)13-21)15-23(28-25(33)27-16-31)19-3-1-17(2-4-19)18-7-9-26-10-8-18/h1-10,13,16,23,30H,11-12,14-15H2,(H2,27,28,31,33)/t23-/m0/s1. The van der Waals surface area contributed by atoms with Crippen LogP contribution in [-0.4, -0.2) is 53.1 Å². The molecule has 1 atom stereocenters. The summed E-state index contributed by atoms with van der Waals surface area (Å²) in [7, 11) is 0. The van der Waals surface area contributed by atoms with Crippen molar-refractivity contribution in [1.29, 1.82) is 0 Å². The maximum atomic E-state index is 13.1. The number of benzene rings is 2. The van der Waals surface area contributed by atoms with E-state index in [4.69, 9.17) is 9.84 Å². The molecule has 2 aromatic carbocycles. The van der Waals surface area contributed by atoms with Gasteiger partial charge in [0.2, 0.25) is 6.41 Å². The predicted octanol–water partition coefficient (Wildman–Crippen LogP) is 2.27. The minimum absolute atomic E-state index is 0.118. The zero-order valence-electron chi connectivity index (χ0n) is 18.3. The van der Waals surface area contributed by atoms with E-state index in [1.165, 1.54) is 0 Å². The molecular formula is C25H24N4O5. The predicted molar refractivity (Wildman–Crippen MR) is 124 cm³/mol. The Morgan fingerprint density at radius 1 is 1.12 bits per heavy atom. The molecule has 3 aromatic rings. The first-order valence-corrected chi connectivity index (χ1v) is 10.8. The number of aliphatic hydroxyl groups is 1. The van der Waals surface area contributed by atoms with Gasteiger partial charge in [0.25, 0.3) is 5.91 Å². The summed E-state index contributed by atoms with van der Waals surface area (Å²) in [6, 6.07) is 15.5. The number of fused-ring (bicyclic) bond motifs is 1. The number of amides is 4. The van der Waals surface area contributed by atoms with Gasteiger partial charge >= 0.3 is 6.03 Å². The Morgan fingerprint density at radius 3 is 2.56 bits per heavy atom. The second-order valence-electron chi connectivity index (χ2n) is 7.72. The van der Waals surface area contributed by atoms with E-state index in [1.54, 1.807) is 29.4 Å². The number of urea groups is 1. The SMILES string of the molecule is O=CNC(=O)N[C@@H](CN1Cc2ccc(OCCO)cc2C1=O)c1ccc(-c2ccncc2)cc1. The Hall–Kier alpha value is -4.24. The smallest absolute Gasteiger partial charge is 0.321 e. The highest BCUT2D eigenvalue weighted by molar-refractivity contribution is 5.98. The number of rotatable bonds is 9. The third-order valence-corrected chi connectivity index (χ3v) is 5.55. The molecule has 0 saturated carbocycles. The summed E-state index contributed by atoms with van der Waals surface area (Å²) in [5, 5.41) is 13.8. The highest BCUT2D eigenvalue weighted by Gasteiger charge is 2.30. The lowest BCUT2D eigenvalue weighted by Crippen LogP contribution is -2.42. The van der Waals surface area contributed by atoms with Crippen molar-refractivity contribution in [3.05, 3.63) is 83.7 Å². The quantitative estimate of drug-likeness (QED) is 0.421. The van der Waals surface area contributed by atoms with Crippen molar-refractivity contribution in [2.75, 3.05) is 19.8 Å². The number of nitrogens with zero attached hydrogens (tertiary/aromatic N) is 2. The molecule has 2 heterocycles. The third kappa shape index (κ3) is 5.21. The van der Waals surface area contributed by atoms with E-state index in [2.05, 4.69) is 15.6 Å². The molecule has 1 aliphatic heterocycles.